The molecule has 0 aliphatic carbocycles. The molecule has 3 atom stereocenters. The number of rotatable bonds is 9. The van der Waals surface area contributed by atoms with E-state index in [4.69, 9.17) is 4.74 Å². The average Bonchev–Trinajstić information content (AvgIpc) is 2.93. The summed E-state index contributed by atoms with van der Waals surface area (Å²) < 4.78 is 19.6. The second-order valence-corrected chi connectivity index (χ2v) is 7.51. The van der Waals surface area contributed by atoms with Crippen molar-refractivity contribution in [2.24, 2.45) is 0 Å². The van der Waals surface area contributed by atoms with Crippen molar-refractivity contribution in [1.29, 1.82) is 0 Å². The molecular formula is C18H32FN5O2. The first-order chi connectivity index (χ1) is 12.3. The second-order valence-electron chi connectivity index (χ2n) is 7.51. The minimum Gasteiger partial charge on any atom is -0.389 e. The molecule has 1 unspecified atom stereocenters. The minimum absolute atomic E-state index is 0.0122. The van der Waals surface area contributed by atoms with Gasteiger partial charge in [-0.3, -0.25) is 0 Å². The normalized spacial score (nSPS) is 21.7. The van der Waals surface area contributed by atoms with Crippen molar-refractivity contribution in [3.8, 4) is 0 Å². The van der Waals surface area contributed by atoms with Crippen molar-refractivity contribution in [2.45, 2.75) is 44.7 Å². The first-order valence-corrected chi connectivity index (χ1v) is 9.15. The molecule has 0 spiro atoms. The summed E-state index contributed by atoms with van der Waals surface area (Å²) in [5, 5.41) is 10.1. The molecule has 1 aliphatic rings. The van der Waals surface area contributed by atoms with E-state index in [0.717, 1.165) is 5.82 Å². The smallest absolute Gasteiger partial charge is 0.226 e. The number of aliphatic hydroxyl groups excluding tert-OH is 1. The van der Waals surface area contributed by atoms with Gasteiger partial charge in [-0.1, -0.05) is 0 Å². The fraction of sp³-hybridized carbons (Fsp3) is 0.778. The maximum absolute atomic E-state index is 14.1. The molecule has 0 saturated carbocycles. The Morgan fingerprint density at radius 2 is 2.12 bits per heavy atom. The molecule has 1 saturated heterocycles. The lowest BCUT2D eigenvalue weighted by molar-refractivity contribution is -0.00602. The summed E-state index contributed by atoms with van der Waals surface area (Å²) in [7, 11) is 5.70. The maximum atomic E-state index is 14.1. The van der Waals surface area contributed by atoms with E-state index < -0.39 is 12.3 Å². The van der Waals surface area contributed by atoms with E-state index in [2.05, 4.69) is 9.97 Å². The third-order valence-corrected chi connectivity index (χ3v) is 4.35. The number of alkyl halides is 1. The lowest BCUT2D eigenvalue weighted by Crippen LogP contribution is -2.42. The van der Waals surface area contributed by atoms with Crippen LogP contribution in [0.15, 0.2) is 12.3 Å². The molecule has 7 nitrogen and oxygen atoms in total. The molecule has 0 aromatic carbocycles. The van der Waals surface area contributed by atoms with Crippen molar-refractivity contribution < 1.29 is 14.2 Å². The van der Waals surface area contributed by atoms with Gasteiger partial charge in [0.1, 0.15) is 12.0 Å². The Bertz CT molecular complexity index is 560. The van der Waals surface area contributed by atoms with Crippen LogP contribution in [0.25, 0.3) is 0 Å². The molecule has 8 heteroatoms. The summed E-state index contributed by atoms with van der Waals surface area (Å²) in [6.45, 7) is 5.67. The standard InChI is InChI=1S/C18H32FN5O2/c1-13(2)26-12-16(25)11-23(5)10-15-8-14(19)9-24(15)17-6-7-20-18(21-17)22(3)4/h6-7,13-16,25H,8-12H2,1-5H3/t14-,15-,16?/m0/s1. The van der Waals surface area contributed by atoms with E-state index in [-0.39, 0.29) is 12.1 Å². The van der Waals surface area contributed by atoms with Crippen LogP contribution in [0.1, 0.15) is 20.3 Å². The Morgan fingerprint density at radius 1 is 1.38 bits per heavy atom. The van der Waals surface area contributed by atoms with Gasteiger partial charge in [0.05, 0.1) is 25.4 Å². The van der Waals surface area contributed by atoms with Crippen LogP contribution in [0.2, 0.25) is 0 Å². The summed E-state index contributed by atoms with van der Waals surface area (Å²) in [6, 6.07) is 1.83. The first kappa shape index (κ1) is 20.8. The van der Waals surface area contributed by atoms with Gasteiger partial charge in [0.2, 0.25) is 5.95 Å². The van der Waals surface area contributed by atoms with Gasteiger partial charge < -0.3 is 24.5 Å². The first-order valence-electron chi connectivity index (χ1n) is 9.15. The number of likely N-dealkylation sites (N-methyl/N-ethyl adjacent to an activating group) is 1. The number of anilines is 2. The lowest BCUT2D eigenvalue weighted by atomic mass is 10.2. The van der Waals surface area contributed by atoms with Gasteiger partial charge in [-0.15, -0.1) is 0 Å². The lowest BCUT2D eigenvalue weighted by Gasteiger charge is -2.30. The van der Waals surface area contributed by atoms with E-state index in [1.807, 2.05) is 55.8 Å². The van der Waals surface area contributed by atoms with Gasteiger partial charge in [0, 0.05) is 45.8 Å². The number of nitrogens with zero attached hydrogens (tertiary/aromatic N) is 5. The summed E-state index contributed by atoms with van der Waals surface area (Å²) in [5.74, 6) is 1.35. The Morgan fingerprint density at radius 3 is 2.77 bits per heavy atom. The zero-order valence-corrected chi connectivity index (χ0v) is 16.5. The quantitative estimate of drug-likeness (QED) is 0.701. The molecule has 1 N–H and O–H groups in total. The molecule has 1 aliphatic heterocycles. The molecule has 1 aromatic rings. The van der Waals surface area contributed by atoms with Crippen LogP contribution < -0.4 is 9.80 Å². The van der Waals surface area contributed by atoms with Gasteiger partial charge in [0.15, 0.2) is 0 Å². The molecule has 2 heterocycles. The van der Waals surface area contributed by atoms with Crippen molar-refractivity contribution in [2.75, 3.05) is 57.2 Å². The third-order valence-electron chi connectivity index (χ3n) is 4.35. The Labute approximate surface area is 155 Å². The summed E-state index contributed by atoms with van der Waals surface area (Å²) in [4.78, 5) is 14.6. The third kappa shape index (κ3) is 6.03. The predicted molar refractivity (Wildman–Crippen MR) is 102 cm³/mol. The highest BCUT2D eigenvalue weighted by molar-refractivity contribution is 5.45. The number of hydrogen-bond acceptors (Lipinski definition) is 7. The van der Waals surface area contributed by atoms with Crippen molar-refractivity contribution in [3.05, 3.63) is 12.3 Å². The van der Waals surface area contributed by atoms with Crippen LogP contribution in [0.3, 0.4) is 0 Å². The molecule has 26 heavy (non-hydrogen) atoms. The van der Waals surface area contributed by atoms with Crippen molar-refractivity contribution >= 4 is 11.8 Å². The van der Waals surface area contributed by atoms with Crippen LogP contribution in [-0.2, 0) is 4.74 Å². The topological polar surface area (TPSA) is 65.0 Å². The average molecular weight is 369 g/mol. The van der Waals surface area contributed by atoms with Crippen LogP contribution in [0.4, 0.5) is 16.2 Å². The highest BCUT2D eigenvalue weighted by atomic mass is 19.1. The van der Waals surface area contributed by atoms with E-state index in [0.29, 0.717) is 38.6 Å². The number of hydrogen-bond donors (Lipinski definition) is 1. The zero-order chi connectivity index (χ0) is 19.3. The highest BCUT2D eigenvalue weighted by Gasteiger charge is 2.34. The predicted octanol–water partition coefficient (Wildman–Crippen LogP) is 1.18. The largest absolute Gasteiger partial charge is 0.389 e. The summed E-state index contributed by atoms with van der Waals surface area (Å²) in [5.41, 5.74) is 0. The summed E-state index contributed by atoms with van der Waals surface area (Å²) >= 11 is 0. The number of halogens is 1. The molecule has 1 fully saturated rings. The number of aliphatic hydroxyl groups is 1. The van der Waals surface area contributed by atoms with Gasteiger partial charge in [-0.05, 0) is 27.0 Å². The fourth-order valence-electron chi connectivity index (χ4n) is 3.18. The minimum atomic E-state index is -0.875. The van der Waals surface area contributed by atoms with Crippen LogP contribution in [0, 0.1) is 0 Å². The zero-order valence-electron chi connectivity index (χ0n) is 16.5. The molecule has 0 bridgehead atoms. The number of aromatic nitrogens is 2. The van der Waals surface area contributed by atoms with E-state index in [1.54, 1.807) is 6.20 Å². The Kier molecular flexibility index (Phi) is 7.55. The SMILES string of the molecule is CC(C)OCC(O)CN(C)C[C@@H]1C[C@H](F)CN1c1ccnc(N(C)C)n1. The highest BCUT2D eigenvalue weighted by Crippen LogP contribution is 2.27. The van der Waals surface area contributed by atoms with Crippen molar-refractivity contribution in [1.82, 2.24) is 14.9 Å². The Hall–Kier alpha value is -1.51. The van der Waals surface area contributed by atoms with Crippen LogP contribution in [-0.4, -0.2) is 91.8 Å². The van der Waals surface area contributed by atoms with Gasteiger partial charge in [-0.25, -0.2) is 9.37 Å². The second kappa shape index (κ2) is 9.43. The molecule has 2 rings (SSSR count). The van der Waals surface area contributed by atoms with E-state index >= 15 is 0 Å². The van der Waals surface area contributed by atoms with Crippen LogP contribution in [0.5, 0.6) is 0 Å². The monoisotopic (exact) mass is 369 g/mol. The summed E-state index contributed by atoms with van der Waals surface area (Å²) in [6.07, 6.45) is 0.829. The molecule has 1 aromatic heterocycles. The van der Waals surface area contributed by atoms with Crippen LogP contribution >= 0.6 is 0 Å². The van der Waals surface area contributed by atoms with Gasteiger partial charge in [-0.2, -0.15) is 4.98 Å². The maximum Gasteiger partial charge on any atom is 0.226 e. The van der Waals surface area contributed by atoms with E-state index in [1.165, 1.54) is 0 Å². The Balaban J connectivity index is 1.97. The molecule has 0 amide bonds. The fourth-order valence-corrected chi connectivity index (χ4v) is 3.18. The number of ether oxygens (including phenoxy) is 1. The molecular weight excluding hydrogens is 337 g/mol. The van der Waals surface area contributed by atoms with Gasteiger partial charge >= 0.3 is 0 Å². The van der Waals surface area contributed by atoms with E-state index in [9.17, 15) is 9.50 Å². The molecule has 148 valence electrons. The molecule has 0 radical (unpaired) electrons. The van der Waals surface area contributed by atoms with Gasteiger partial charge in [0.25, 0.3) is 0 Å². The van der Waals surface area contributed by atoms with Crippen molar-refractivity contribution in [3.63, 3.8) is 0 Å².